The second-order valence-electron chi connectivity index (χ2n) is 6.62. The lowest BCUT2D eigenvalue weighted by molar-refractivity contribution is 1.06. The SMILES string of the molecule is C=c1[nH]nc(-c2cc3c(-c4cccs4)nccc3[nH]2)/c1=C/C(=C\C)c1cn[nH]c1. The first kappa shape index (κ1) is 17.4. The third kappa shape index (κ3) is 3.01. The second-order valence-corrected chi connectivity index (χ2v) is 7.57. The van der Waals surface area contributed by atoms with Crippen molar-refractivity contribution in [3.05, 3.63) is 70.4 Å². The standard InChI is InChI=1S/C22H18N6S/c1-3-14(15-11-24-25-12-15)9-16-13(2)27-28-21(16)19-10-17-18(26-19)6-7-23-22(17)20-5-4-8-29-20/h3-12,26-27H,2H2,1H3,(H,24,25)/b14-3+,16-9+. The molecule has 0 spiro atoms. The van der Waals surface area contributed by atoms with Crippen LogP contribution in [0.1, 0.15) is 12.5 Å². The van der Waals surface area contributed by atoms with Crippen molar-refractivity contribution in [3.63, 3.8) is 0 Å². The lowest BCUT2D eigenvalue weighted by Gasteiger charge is -1.97. The smallest absolute Gasteiger partial charge is 0.116 e. The predicted octanol–water partition coefficient (Wildman–Crippen LogP) is 3.70. The van der Waals surface area contributed by atoms with Gasteiger partial charge in [0.25, 0.3) is 0 Å². The van der Waals surface area contributed by atoms with Gasteiger partial charge < -0.3 is 4.98 Å². The molecule has 0 radical (unpaired) electrons. The van der Waals surface area contributed by atoms with Gasteiger partial charge in [-0.05, 0) is 42.2 Å². The van der Waals surface area contributed by atoms with E-state index in [1.54, 1.807) is 17.5 Å². The molecule has 5 heterocycles. The van der Waals surface area contributed by atoms with Gasteiger partial charge in [-0.1, -0.05) is 18.7 Å². The van der Waals surface area contributed by atoms with Crippen molar-refractivity contribution in [1.29, 1.82) is 0 Å². The van der Waals surface area contributed by atoms with Crippen molar-refractivity contribution in [2.24, 2.45) is 0 Å². The Morgan fingerprint density at radius 2 is 2.17 bits per heavy atom. The van der Waals surface area contributed by atoms with Gasteiger partial charge in [-0.3, -0.25) is 15.2 Å². The number of nitrogens with one attached hydrogen (secondary N) is 3. The van der Waals surface area contributed by atoms with Crippen molar-refractivity contribution in [3.8, 4) is 22.0 Å². The van der Waals surface area contributed by atoms with E-state index >= 15 is 0 Å². The van der Waals surface area contributed by atoms with Crippen LogP contribution in [0.4, 0.5) is 0 Å². The van der Waals surface area contributed by atoms with Crippen LogP contribution in [0.25, 0.3) is 51.1 Å². The molecule has 5 aromatic heterocycles. The molecule has 142 valence electrons. The lowest BCUT2D eigenvalue weighted by atomic mass is 10.1. The average molecular weight is 398 g/mol. The predicted molar refractivity (Wildman–Crippen MR) is 118 cm³/mol. The van der Waals surface area contributed by atoms with E-state index in [4.69, 9.17) is 0 Å². The molecule has 0 amide bonds. The molecule has 6 nitrogen and oxygen atoms in total. The zero-order valence-electron chi connectivity index (χ0n) is 15.7. The third-order valence-corrected chi connectivity index (χ3v) is 5.76. The highest BCUT2D eigenvalue weighted by Crippen LogP contribution is 2.31. The minimum absolute atomic E-state index is 0.762. The van der Waals surface area contributed by atoms with Gasteiger partial charge in [0.2, 0.25) is 0 Å². The molecule has 0 aliphatic heterocycles. The van der Waals surface area contributed by atoms with E-state index in [-0.39, 0.29) is 0 Å². The minimum Gasteiger partial charge on any atom is -0.353 e. The van der Waals surface area contributed by atoms with Crippen molar-refractivity contribution in [1.82, 2.24) is 30.4 Å². The summed E-state index contributed by atoms with van der Waals surface area (Å²) in [6.45, 7) is 6.13. The number of pyridine rings is 1. The van der Waals surface area contributed by atoms with E-state index in [9.17, 15) is 0 Å². The number of hydrogen-bond donors (Lipinski definition) is 3. The van der Waals surface area contributed by atoms with E-state index < -0.39 is 0 Å². The van der Waals surface area contributed by atoms with Crippen molar-refractivity contribution in [2.45, 2.75) is 6.92 Å². The number of fused-ring (bicyclic) bond motifs is 1. The normalized spacial score (nSPS) is 12.9. The molecule has 0 aliphatic rings. The number of thiophene rings is 1. The maximum absolute atomic E-state index is 4.60. The molecule has 0 aromatic carbocycles. The summed E-state index contributed by atoms with van der Waals surface area (Å²) in [5.74, 6) is 0. The monoisotopic (exact) mass is 398 g/mol. The number of aromatic nitrogens is 6. The summed E-state index contributed by atoms with van der Waals surface area (Å²) in [5.41, 5.74) is 5.81. The molecule has 0 aliphatic carbocycles. The molecule has 5 aromatic rings. The Morgan fingerprint density at radius 1 is 1.24 bits per heavy atom. The fourth-order valence-electron chi connectivity index (χ4n) is 3.44. The van der Waals surface area contributed by atoms with E-state index in [1.165, 1.54) is 0 Å². The quantitative estimate of drug-likeness (QED) is 0.431. The van der Waals surface area contributed by atoms with Crippen LogP contribution in [0.3, 0.4) is 0 Å². The molecule has 5 rings (SSSR count). The van der Waals surface area contributed by atoms with Crippen LogP contribution in [0.5, 0.6) is 0 Å². The number of hydrogen-bond acceptors (Lipinski definition) is 4. The van der Waals surface area contributed by atoms with Gasteiger partial charge in [-0.15, -0.1) is 11.3 Å². The fourth-order valence-corrected chi connectivity index (χ4v) is 4.17. The van der Waals surface area contributed by atoms with Gasteiger partial charge in [0.15, 0.2) is 0 Å². The number of aromatic amines is 3. The number of nitrogens with zero attached hydrogens (tertiary/aromatic N) is 3. The van der Waals surface area contributed by atoms with Crippen molar-refractivity contribution < 1.29 is 0 Å². The topological polar surface area (TPSA) is 86.0 Å². The Kier molecular flexibility index (Phi) is 4.22. The first-order valence-electron chi connectivity index (χ1n) is 9.17. The molecule has 0 bridgehead atoms. The fraction of sp³-hybridized carbons (Fsp3) is 0.0455. The molecule has 29 heavy (non-hydrogen) atoms. The van der Waals surface area contributed by atoms with Gasteiger partial charge in [0, 0.05) is 34.1 Å². The molecule has 0 saturated carbocycles. The molecule has 0 fully saturated rings. The van der Waals surface area contributed by atoms with Gasteiger partial charge in [-0.2, -0.15) is 10.2 Å². The minimum atomic E-state index is 0.762. The molecule has 0 unspecified atom stereocenters. The zero-order chi connectivity index (χ0) is 19.8. The first-order valence-corrected chi connectivity index (χ1v) is 10.0. The van der Waals surface area contributed by atoms with Gasteiger partial charge in [-0.25, -0.2) is 0 Å². The first-order chi connectivity index (χ1) is 14.2. The van der Waals surface area contributed by atoms with Crippen LogP contribution in [-0.2, 0) is 0 Å². The Morgan fingerprint density at radius 3 is 2.93 bits per heavy atom. The van der Waals surface area contributed by atoms with Crippen LogP contribution in [-0.4, -0.2) is 30.4 Å². The Hall–Kier alpha value is -3.71. The van der Waals surface area contributed by atoms with Crippen LogP contribution in [0.15, 0.2) is 54.3 Å². The van der Waals surface area contributed by atoms with E-state index in [2.05, 4.69) is 60.5 Å². The number of H-pyrrole nitrogens is 3. The van der Waals surface area contributed by atoms with E-state index in [1.807, 2.05) is 37.5 Å². The van der Waals surface area contributed by atoms with E-state index in [0.29, 0.717) is 0 Å². The molecule has 7 heteroatoms. The largest absolute Gasteiger partial charge is 0.353 e. The Bertz CT molecular complexity index is 1420. The van der Waals surface area contributed by atoms with Crippen LogP contribution in [0.2, 0.25) is 0 Å². The third-order valence-electron chi connectivity index (χ3n) is 4.88. The molecular weight excluding hydrogens is 380 g/mol. The van der Waals surface area contributed by atoms with Gasteiger partial charge >= 0.3 is 0 Å². The second kappa shape index (κ2) is 7.03. The highest BCUT2D eigenvalue weighted by molar-refractivity contribution is 7.13. The molecule has 3 N–H and O–H groups in total. The average Bonchev–Trinajstić information content (AvgIpc) is 3.52. The summed E-state index contributed by atoms with van der Waals surface area (Å²) in [6, 6.07) is 8.22. The Balaban J connectivity index is 1.69. The molecule has 0 atom stereocenters. The van der Waals surface area contributed by atoms with Crippen LogP contribution < -0.4 is 10.6 Å². The maximum Gasteiger partial charge on any atom is 0.116 e. The molecule has 0 saturated heterocycles. The van der Waals surface area contributed by atoms with Crippen LogP contribution in [0, 0.1) is 0 Å². The Labute approximate surface area is 170 Å². The summed E-state index contributed by atoms with van der Waals surface area (Å²) in [4.78, 5) is 9.23. The lowest BCUT2D eigenvalue weighted by Crippen LogP contribution is -2.22. The summed E-state index contributed by atoms with van der Waals surface area (Å²) in [7, 11) is 0. The van der Waals surface area contributed by atoms with Crippen molar-refractivity contribution >= 4 is 40.5 Å². The summed E-state index contributed by atoms with van der Waals surface area (Å²) < 4.78 is 0. The van der Waals surface area contributed by atoms with Crippen LogP contribution >= 0.6 is 11.3 Å². The summed E-state index contributed by atoms with van der Waals surface area (Å²) in [5, 5.41) is 19.3. The zero-order valence-corrected chi connectivity index (χ0v) is 16.5. The summed E-state index contributed by atoms with van der Waals surface area (Å²) in [6.07, 6.45) is 9.63. The summed E-state index contributed by atoms with van der Waals surface area (Å²) >= 11 is 1.68. The van der Waals surface area contributed by atoms with Gasteiger partial charge in [0.1, 0.15) is 5.69 Å². The highest BCUT2D eigenvalue weighted by atomic mass is 32.1. The van der Waals surface area contributed by atoms with E-state index in [0.717, 1.165) is 54.6 Å². The molecular formula is C22H18N6S. The van der Waals surface area contributed by atoms with Crippen molar-refractivity contribution in [2.75, 3.05) is 0 Å². The number of allylic oxidation sites excluding steroid dienone is 2. The van der Waals surface area contributed by atoms with Gasteiger partial charge in [0.05, 0.1) is 27.8 Å². The number of rotatable bonds is 4. The highest BCUT2D eigenvalue weighted by Gasteiger charge is 2.13. The maximum atomic E-state index is 4.60.